The third kappa shape index (κ3) is 4.67. The van der Waals surface area contributed by atoms with E-state index < -0.39 is 0 Å². The van der Waals surface area contributed by atoms with E-state index in [2.05, 4.69) is 75.4 Å². The van der Waals surface area contributed by atoms with Gasteiger partial charge in [-0.3, -0.25) is 4.99 Å². The zero-order valence-corrected chi connectivity index (χ0v) is 16.4. The number of benzene rings is 1. The number of H-pyrrole nitrogens is 1. The van der Waals surface area contributed by atoms with Crippen molar-refractivity contribution in [1.29, 1.82) is 0 Å². The number of rotatable bonds is 8. The average molecular weight is 368 g/mol. The Morgan fingerprint density at radius 1 is 1.22 bits per heavy atom. The second-order valence-corrected chi connectivity index (χ2v) is 6.51. The summed E-state index contributed by atoms with van der Waals surface area (Å²) in [5, 5.41) is 16.1. The van der Waals surface area contributed by atoms with Gasteiger partial charge in [0.15, 0.2) is 5.96 Å². The van der Waals surface area contributed by atoms with E-state index in [4.69, 9.17) is 4.99 Å². The van der Waals surface area contributed by atoms with Gasteiger partial charge in [0.05, 0.1) is 0 Å². The summed E-state index contributed by atoms with van der Waals surface area (Å²) in [6.07, 6.45) is 3.58. The van der Waals surface area contributed by atoms with Crippen LogP contribution in [-0.4, -0.2) is 45.3 Å². The maximum Gasteiger partial charge on any atom is 0.191 e. The summed E-state index contributed by atoms with van der Waals surface area (Å²) in [6, 6.07) is 8.44. The number of guanidine groups is 1. The van der Waals surface area contributed by atoms with Crippen molar-refractivity contribution >= 4 is 16.9 Å². The lowest BCUT2D eigenvalue weighted by Gasteiger charge is -2.12. The number of nitrogens with zero attached hydrogens (tertiary/aromatic N) is 4. The van der Waals surface area contributed by atoms with Gasteiger partial charge in [-0.2, -0.15) is 0 Å². The lowest BCUT2D eigenvalue weighted by Crippen LogP contribution is -2.39. The van der Waals surface area contributed by atoms with Crippen LogP contribution in [0.25, 0.3) is 10.9 Å². The largest absolute Gasteiger partial charge is 0.358 e. The van der Waals surface area contributed by atoms with E-state index >= 15 is 0 Å². The van der Waals surface area contributed by atoms with Crippen molar-refractivity contribution in [2.75, 3.05) is 19.6 Å². The van der Waals surface area contributed by atoms with Gasteiger partial charge in [0.1, 0.15) is 12.2 Å². The Labute approximate surface area is 160 Å². The molecule has 27 heavy (non-hydrogen) atoms. The number of aromatic nitrogens is 4. The standard InChI is InChI=1S/C20H29N7/c1-4-19-26-24-14-27(19)13-12-23-20(21-5-2)22-11-10-16-15(3)25-18-9-7-6-8-17(16)18/h6-9,14,25H,4-5,10-13H2,1-3H3,(H2,21,22,23). The van der Waals surface area contributed by atoms with Gasteiger partial charge in [0.2, 0.25) is 0 Å². The molecule has 0 unspecified atom stereocenters. The van der Waals surface area contributed by atoms with Crippen LogP contribution >= 0.6 is 0 Å². The molecule has 144 valence electrons. The van der Waals surface area contributed by atoms with Crippen molar-refractivity contribution in [3.63, 3.8) is 0 Å². The zero-order valence-electron chi connectivity index (χ0n) is 16.4. The summed E-state index contributed by atoms with van der Waals surface area (Å²) in [4.78, 5) is 8.19. The number of fused-ring (bicyclic) bond motifs is 1. The van der Waals surface area contributed by atoms with Gasteiger partial charge in [-0.25, -0.2) is 0 Å². The molecule has 0 saturated heterocycles. The molecule has 7 heteroatoms. The lowest BCUT2D eigenvalue weighted by molar-refractivity contribution is 0.632. The molecule has 0 spiro atoms. The number of para-hydroxylation sites is 1. The predicted octanol–water partition coefficient (Wildman–Crippen LogP) is 2.43. The second kappa shape index (κ2) is 9.21. The van der Waals surface area contributed by atoms with Gasteiger partial charge in [-0.05, 0) is 31.9 Å². The summed E-state index contributed by atoms with van der Waals surface area (Å²) in [7, 11) is 0. The van der Waals surface area contributed by atoms with Crippen molar-refractivity contribution in [2.24, 2.45) is 4.99 Å². The number of nitrogens with one attached hydrogen (secondary N) is 3. The van der Waals surface area contributed by atoms with Gasteiger partial charge in [0.25, 0.3) is 0 Å². The van der Waals surface area contributed by atoms with Gasteiger partial charge in [-0.1, -0.05) is 25.1 Å². The number of aliphatic imine (C=N–C) groups is 1. The highest BCUT2D eigenvalue weighted by molar-refractivity contribution is 5.84. The molecular formula is C20H29N7. The number of aryl methyl sites for hydroxylation is 2. The molecule has 0 bridgehead atoms. The molecule has 2 heterocycles. The fourth-order valence-electron chi connectivity index (χ4n) is 3.31. The minimum absolute atomic E-state index is 0.741. The number of aromatic amines is 1. The maximum absolute atomic E-state index is 4.74. The van der Waals surface area contributed by atoms with E-state index in [1.807, 2.05) is 0 Å². The van der Waals surface area contributed by atoms with E-state index in [1.54, 1.807) is 6.33 Å². The molecule has 3 N–H and O–H groups in total. The van der Waals surface area contributed by atoms with E-state index in [-0.39, 0.29) is 0 Å². The van der Waals surface area contributed by atoms with Gasteiger partial charge in [0, 0.05) is 49.2 Å². The molecule has 0 aliphatic carbocycles. The van der Waals surface area contributed by atoms with Crippen molar-refractivity contribution in [3.8, 4) is 0 Å². The van der Waals surface area contributed by atoms with Gasteiger partial charge in [-0.15, -0.1) is 10.2 Å². The van der Waals surface area contributed by atoms with Crippen LogP contribution in [0.5, 0.6) is 0 Å². The lowest BCUT2D eigenvalue weighted by atomic mass is 10.1. The minimum Gasteiger partial charge on any atom is -0.358 e. The van der Waals surface area contributed by atoms with Crippen LogP contribution in [0.1, 0.15) is 30.9 Å². The Morgan fingerprint density at radius 2 is 2.07 bits per heavy atom. The summed E-state index contributed by atoms with van der Waals surface area (Å²) >= 11 is 0. The summed E-state index contributed by atoms with van der Waals surface area (Å²) in [5.74, 6) is 1.86. The molecule has 2 aromatic heterocycles. The fourth-order valence-corrected chi connectivity index (χ4v) is 3.31. The van der Waals surface area contributed by atoms with Crippen LogP contribution in [0.15, 0.2) is 35.6 Å². The molecule has 3 rings (SSSR count). The number of hydrogen-bond donors (Lipinski definition) is 3. The first-order valence-electron chi connectivity index (χ1n) is 9.68. The Hall–Kier alpha value is -2.83. The normalized spacial score (nSPS) is 11.9. The molecule has 0 amide bonds. The van der Waals surface area contributed by atoms with Crippen LogP contribution in [0.2, 0.25) is 0 Å². The van der Waals surface area contributed by atoms with E-state index in [9.17, 15) is 0 Å². The van der Waals surface area contributed by atoms with Crippen LogP contribution in [0, 0.1) is 6.92 Å². The highest BCUT2D eigenvalue weighted by Gasteiger charge is 2.07. The van der Waals surface area contributed by atoms with Crippen molar-refractivity contribution < 1.29 is 0 Å². The number of hydrogen-bond acceptors (Lipinski definition) is 3. The highest BCUT2D eigenvalue weighted by Crippen LogP contribution is 2.22. The van der Waals surface area contributed by atoms with Crippen LogP contribution < -0.4 is 10.6 Å². The quantitative estimate of drug-likeness (QED) is 0.422. The maximum atomic E-state index is 4.74. The van der Waals surface area contributed by atoms with Crippen LogP contribution in [-0.2, 0) is 19.4 Å². The Morgan fingerprint density at radius 3 is 2.89 bits per heavy atom. The van der Waals surface area contributed by atoms with E-state index in [0.29, 0.717) is 0 Å². The summed E-state index contributed by atoms with van der Waals surface area (Å²) in [6.45, 7) is 9.48. The molecular weight excluding hydrogens is 338 g/mol. The minimum atomic E-state index is 0.741. The molecule has 0 aliphatic heterocycles. The van der Waals surface area contributed by atoms with E-state index in [1.165, 1.54) is 22.2 Å². The fraction of sp³-hybridized carbons (Fsp3) is 0.450. The zero-order chi connectivity index (χ0) is 19.1. The SMILES string of the molecule is CCNC(=NCCc1c(C)[nH]c2ccccc12)NCCn1cnnc1CC. The van der Waals surface area contributed by atoms with Crippen molar-refractivity contribution in [1.82, 2.24) is 30.4 Å². The molecule has 0 fully saturated rings. The molecule has 0 atom stereocenters. The van der Waals surface area contributed by atoms with E-state index in [0.717, 1.165) is 50.8 Å². The van der Waals surface area contributed by atoms with Gasteiger partial charge < -0.3 is 20.2 Å². The van der Waals surface area contributed by atoms with Crippen molar-refractivity contribution in [3.05, 3.63) is 47.7 Å². The molecule has 7 nitrogen and oxygen atoms in total. The van der Waals surface area contributed by atoms with Gasteiger partial charge >= 0.3 is 0 Å². The Balaban J connectivity index is 1.57. The highest BCUT2D eigenvalue weighted by atomic mass is 15.3. The third-order valence-corrected chi connectivity index (χ3v) is 4.66. The Bertz CT molecular complexity index is 891. The molecule has 3 aromatic rings. The first-order valence-corrected chi connectivity index (χ1v) is 9.68. The molecule has 1 aromatic carbocycles. The topological polar surface area (TPSA) is 82.9 Å². The third-order valence-electron chi connectivity index (χ3n) is 4.66. The molecule has 0 saturated carbocycles. The first-order chi connectivity index (χ1) is 13.2. The molecule has 0 aliphatic rings. The summed E-state index contributed by atoms with van der Waals surface area (Å²) in [5.41, 5.74) is 3.77. The average Bonchev–Trinajstić information content (AvgIpc) is 3.25. The monoisotopic (exact) mass is 367 g/mol. The van der Waals surface area contributed by atoms with Crippen LogP contribution in [0.4, 0.5) is 0 Å². The second-order valence-electron chi connectivity index (χ2n) is 6.51. The predicted molar refractivity (Wildman–Crippen MR) is 110 cm³/mol. The summed E-state index contributed by atoms with van der Waals surface area (Å²) < 4.78 is 2.08. The van der Waals surface area contributed by atoms with Crippen LogP contribution in [0.3, 0.4) is 0 Å². The molecule has 0 radical (unpaired) electrons. The van der Waals surface area contributed by atoms with Crippen molar-refractivity contribution in [2.45, 2.75) is 40.2 Å². The first kappa shape index (κ1) is 18.9. The smallest absolute Gasteiger partial charge is 0.191 e. The Kier molecular flexibility index (Phi) is 6.46.